The van der Waals surface area contributed by atoms with Crippen molar-refractivity contribution < 1.29 is 4.74 Å². The van der Waals surface area contributed by atoms with Crippen molar-refractivity contribution in [3.63, 3.8) is 0 Å². The molecule has 0 bridgehead atoms. The number of hydrogen-bond donors (Lipinski definition) is 1. The second-order valence-corrected chi connectivity index (χ2v) is 8.21. The normalized spacial score (nSPS) is 17.5. The molecule has 0 aromatic carbocycles. The molecule has 1 aliphatic carbocycles. The van der Waals surface area contributed by atoms with Crippen molar-refractivity contribution in [1.82, 2.24) is 24.6 Å². The van der Waals surface area contributed by atoms with Gasteiger partial charge < -0.3 is 19.9 Å². The Hall–Kier alpha value is -2.42. The topological polar surface area (TPSA) is 78.8 Å². The van der Waals surface area contributed by atoms with Crippen LogP contribution < -0.4 is 15.0 Å². The quantitative estimate of drug-likeness (QED) is 0.548. The van der Waals surface area contributed by atoms with E-state index in [1.54, 1.807) is 0 Å². The molecule has 4 rings (SSSR count). The van der Waals surface area contributed by atoms with E-state index in [0.29, 0.717) is 12.4 Å². The number of aryl methyl sites for hydroxylation is 1. The lowest BCUT2D eigenvalue weighted by atomic mass is 10.3. The molecule has 156 valence electrons. The van der Waals surface area contributed by atoms with Gasteiger partial charge in [-0.3, -0.25) is 4.99 Å². The van der Waals surface area contributed by atoms with Gasteiger partial charge in [0, 0.05) is 70.0 Å². The minimum Gasteiger partial charge on any atom is -0.477 e. The van der Waals surface area contributed by atoms with Gasteiger partial charge in [-0.15, -0.1) is 0 Å². The van der Waals surface area contributed by atoms with E-state index < -0.39 is 0 Å². The third-order valence-electron chi connectivity index (χ3n) is 5.25. The first kappa shape index (κ1) is 19.9. The average Bonchev–Trinajstić information content (AvgIpc) is 3.48. The molecule has 29 heavy (non-hydrogen) atoms. The molecule has 1 N–H and O–H groups in total. The minimum absolute atomic E-state index is 0.694. The molecule has 1 saturated carbocycles. The zero-order valence-electron chi connectivity index (χ0n) is 17.2. The lowest BCUT2D eigenvalue weighted by Gasteiger charge is -2.36. The molecule has 0 atom stereocenters. The first-order chi connectivity index (χ1) is 14.2. The summed E-state index contributed by atoms with van der Waals surface area (Å²) in [6.45, 7) is 7.24. The lowest BCUT2D eigenvalue weighted by molar-refractivity contribution is 0.288. The van der Waals surface area contributed by atoms with Crippen LogP contribution in [0.4, 0.5) is 5.13 Å². The fourth-order valence-corrected chi connectivity index (χ4v) is 4.03. The molecular formula is C20H29N7OS. The van der Waals surface area contributed by atoms with Crippen LogP contribution in [0, 0.1) is 5.92 Å². The first-order valence-electron chi connectivity index (χ1n) is 10.4. The van der Waals surface area contributed by atoms with Gasteiger partial charge in [-0.25, -0.2) is 9.97 Å². The van der Waals surface area contributed by atoms with Gasteiger partial charge >= 0.3 is 0 Å². The van der Waals surface area contributed by atoms with E-state index in [0.717, 1.165) is 67.6 Å². The summed E-state index contributed by atoms with van der Waals surface area (Å²) in [4.78, 5) is 18.1. The van der Waals surface area contributed by atoms with E-state index in [2.05, 4.69) is 47.4 Å². The minimum atomic E-state index is 0.694. The van der Waals surface area contributed by atoms with Crippen molar-refractivity contribution in [2.45, 2.75) is 32.7 Å². The van der Waals surface area contributed by atoms with Crippen molar-refractivity contribution in [2.24, 2.45) is 10.9 Å². The largest absolute Gasteiger partial charge is 0.477 e. The summed E-state index contributed by atoms with van der Waals surface area (Å²) >= 11 is 1.50. The fourth-order valence-electron chi connectivity index (χ4n) is 3.23. The summed E-state index contributed by atoms with van der Waals surface area (Å²) < 4.78 is 10.1. The Kier molecular flexibility index (Phi) is 6.43. The maximum absolute atomic E-state index is 5.71. The van der Waals surface area contributed by atoms with E-state index in [1.807, 2.05) is 19.3 Å². The highest BCUT2D eigenvalue weighted by Gasteiger charge is 2.23. The third kappa shape index (κ3) is 5.35. The van der Waals surface area contributed by atoms with Gasteiger partial charge in [0.05, 0.1) is 6.61 Å². The van der Waals surface area contributed by atoms with Crippen LogP contribution in [0.3, 0.4) is 0 Å². The first-order valence-corrected chi connectivity index (χ1v) is 11.1. The van der Waals surface area contributed by atoms with E-state index in [-0.39, 0.29) is 0 Å². The molecule has 2 aliphatic rings. The third-order valence-corrected chi connectivity index (χ3v) is 6.06. The Labute approximate surface area is 176 Å². The number of pyridine rings is 1. The van der Waals surface area contributed by atoms with Crippen LogP contribution in [0.15, 0.2) is 23.3 Å². The summed E-state index contributed by atoms with van der Waals surface area (Å²) in [7, 11) is 1.83. The van der Waals surface area contributed by atoms with Gasteiger partial charge in [0.15, 0.2) is 5.96 Å². The average molecular weight is 416 g/mol. The molecule has 8 nitrogen and oxygen atoms in total. The van der Waals surface area contributed by atoms with Crippen LogP contribution in [0.25, 0.3) is 0 Å². The van der Waals surface area contributed by atoms with Gasteiger partial charge in [-0.05, 0) is 24.3 Å². The molecule has 2 fully saturated rings. The fraction of sp³-hybridized carbons (Fsp3) is 0.600. The molecule has 0 radical (unpaired) electrons. The molecule has 2 aromatic rings. The summed E-state index contributed by atoms with van der Waals surface area (Å²) in [6.07, 6.45) is 5.34. The zero-order valence-corrected chi connectivity index (χ0v) is 18.0. The highest BCUT2D eigenvalue weighted by molar-refractivity contribution is 7.09. The number of anilines is 1. The molecule has 3 heterocycles. The van der Waals surface area contributed by atoms with E-state index in [4.69, 9.17) is 4.74 Å². The van der Waals surface area contributed by atoms with Crippen molar-refractivity contribution in [2.75, 3.05) is 44.7 Å². The van der Waals surface area contributed by atoms with Crippen LogP contribution >= 0.6 is 11.5 Å². The predicted octanol–water partition coefficient (Wildman–Crippen LogP) is 2.18. The summed E-state index contributed by atoms with van der Waals surface area (Å²) in [6, 6.07) is 4.02. The van der Waals surface area contributed by atoms with E-state index >= 15 is 0 Å². The summed E-state index contributed by atoms with van der Waals surface area (Å²) in [5, 5.41) is 4.48. The van der Waals surface area contributed by atoms with Crippen LogP contribution in [0.1, 0.15) is 31.2 Å². The van der Waals surface area contributed by atoms with Gasteiger partial charge in [-0.2, -0.15) is 4.37 Å². The number of guanidine groups is 1. The second-order valence-electron chi connectivity index (χ2n) is 7.48. The SMILES string of the molecule is CCc1nsc(N2CCN(C(=NC)NCc3ccc(OCC4CC4)nc3)CC2)n1. The van der Waals surface area contributed by atoms with Crippen molar-refractivity contribution in [1.29, 1.82) is 0 Å². The van der Waals surface area contributed by atoms with Gasteiger partial charge in [0.25, 0.3) is 0 Å². The number of aromatic nitrogens is 3. The Bertz CT molecular complexity index is 810. The molecule has 2 aromatic heterocycles. The molecule has 0 unspecified atom stereocenters. The van der Waals surface area contributed by atoms with Gasteiger partial charge in [0.1, 0.15) is 5.82 Å². The van der Waals surface area contributed by atoms with Crippen molar-refractivity contribution in [3.05, 3.63) is 29.7 Å². The van der Waals surface area contributed by atoms with Gasteiger partial charge in [0.2, 0.25) is 11.0 Å². The Morgan fingerprint density at radius 1 is 1.28 bits per heavy atom. The molecule has 0 spiro atoms. The number of rotatable bonds is 7. The van der Waals surface area contributed by atoms with Crippen molar-refractivity contribution in [3.8, 4) is 5.88 Å². The maximum atomic E-state index is 5.71. The van der Waals surface area contributed by atoms with E-state index in [1.165, 1.54) is 24.4 Å². The molecular weight excluding hydrogens is 386 g/mol. The second kappa shape index (κ2) is 9.39. The number of hydrogen-bond acceptors (Lipinski definition) is 7. The standard InChI is InChI=1S/C20H29N7OS/c1-3-17-24-20(29-25-17)27-10-8-26(9-11-27)19(21-2)23-13-16-6-7-18(22-12-16)28-14-15-4-5-15/h6-7,12,15H,3-5,8-11,13-14H2,1-2H3,(H,21,23). The van der Waals surface area contributed by atoms with Crippen LogP contribution in [-0.2, 0) is 13.0 Å². The number of piperazine rings is 1. The Balaban J connectivity index is 1.24. The Morgan fingerprint density at radius 2 is 2.10 bits per heavy atom. The number of aliphatic imine (C=N–C) groups is 1. The van der Waals surface area contributed by atoms with E-state index in [9.17, 15) is 0 Å². The highest BCUT2D eigenvalue weighted by Crippen LogP contribution is 2.29. The highest BCUT2D eigenvalue weighted by atomic mass is 32.1. The molecule has 1 saturated heterocycles. The number of nitrogens with zero attached hydrogens (tertiary/aromatic N) is 6. The van der Waals surface area contributed by atoms with Crippen LogP contribution in [0.2, 0.25) is 0 Å². The molecule has 1 aliphatic heterocycles. The summed E-state index contributed by atoms with van der Waals surface area (Å²) in [5.74, 6) is 3.30. The number of ether oxygens (including phenoxy) is 1. The van der Waals surface area contributed by atoms with Crippen LogP contribution in [-0.4, -0.2) is 65.0 Å². The van der Waals surface area contributed by atoms with Crippen molar-refractivity contribution >= 4 is 22.6 Å². The number of nitrogens with one attached hydrogen (secondary N) is 1. The predicted molar refractivity (Wildman–Crippen MR) is 116 cm³/mol. The Morgan fingerprint density at radius 3 is 2.72 bits per heavy atom. The zero-order chi connectivity index (χ0) is 20.1. The smallest absolute Gasteiger partial charge is 0.213 e. The monoisotopic (exact) mass is 415 g/mol. The molecule has 0 amide bonds. The molecule has 9 heteroatoms. The summed E-state index contributed by atoms with van der Waals surface area (Å²) in [5.41, 5.74) is 1.12. The lowest BCUT2D eigenvalue weighted by Crippen LogP contribution is -2.52. The van der Waals surface area contributed by atoms with Crippen LogP contribution in [0.5, 0.6) is 5.88 Å². The maximum Gasteiger partial charge on any atom is 0.213 e. The van der Waals surface area contributed by atoms with Gasteiger partial charge in [-0.1, -0.05) is 13.0 Å².